The van der Waals surface area contributed by atoms with Crippen molar-refractivity contribution in [3.8, 4) is 11.5 Å². The Balaban J connectivity index is 2.37. The van der Waals surface area contributed by atoms with Gasteiger partial charge in [0.15, 0.2) is 5.75 Å². The predicted octanol–water partition coefficient (Wildman–Crippen LogP) is 3.72. The number of ether oxygens (including phenoxy) is 1. The Morgan fingerprint density at radius 2 is 1.95 bits per heavy atom. The van der Waals surface area contributed by atoms with Gasteiger partial charge in [0.05, 0.1) is 16.3 Å². The number of aryl methyl sites for hydroxylation is 1. The Bertz CT molecular complexity index is 641. The molecule has 0 amide bonds. The lowest BCUT2D eigenvalue weighted by atomic mass is 10.2. The van der Waals surface area contributed by atoms with E-state index in [1.807, 2.05) is 13.0 Å². The second kappa shape index (κ2) is 5.20. The maximum absolute atomic E-state index is 10.9. The molecule has 2 aromatic carbocycles. The van der Waals surface area contributed by atoms with Gasteiger partial charge >= 0.3 is 5.97 Å². The van der Waals surface area contributed by atoms with Gasteiger partial charge in [-0.05, 0) is 42.8 Å². The molecule has 0 fully saturated rings. The zero-order valence-electron chi connectivity index (χ0n) is 10.2. The third-order valence-corrected chi connectivity index (χ3v) is 2.86. The third kappa shape index (κ3) is 2.98. The van der Waals surface area contributed by atoms with Crippen molar-refractivity contribution >= 4 is 23.3 Å². The van der Waals surface area contributed by atoms with Gasteiger partial charge in [0, 0.05) is 0 Å². The summed E-state index contributed by atoms with van der Waals surface area (Å²) in [6.07, 6.45) is 0. The van der Waals surface area contributed by atoms with Crippen LogP contribution in [0.2, 0.25) is 5.02 Å². The topological polar surface area (TPSA) is 72.5 Å². The van der Waals surface area contributed by atoms with E-state index in [9.17, 15) is 4.79 Å². The van der Waals surface area contributed by atoms with Crippen molar-refractivity contribution in [1.29, 1.82) is 0 Å². The zero-order chi connectivity index (χ0) is 14.0. The number of aromatic carboxylic acids is 1. The third-order valence-electron chi connectivity index (χ3n) is 2.57. The molecule has 0 atom stereocenters. The maximum Gasteiger partial charge on any atom is 0.335 e. The van der Waals surface area contributed by atoms with Gasteiger partial charge in [-0.25, -0.2) is 4.79 Å². The SMILES string of the molecule is Cc1ccc(Oc2cc(C(=O)O)ccc2N)c(Cl)c1. The Hall–Kier alpha value is -2.20. The summed E-state index contributed by atoms with van der Waals surface area (Å²) in [6.45, 7) is 1.91. The maximum atomic E-state index is 10.9. The number of hydrogen-bond acceptors (Lipinski definition) is 3. The molecule has 0 aliphatic rings. The van der Waals surface area contributed by atoms with E-state index in [-0.39, 0.29) is 11.3 Å². The molecular weight excluding hydrogens is 266 g/mol. The highest BCUT2D eigenvalue weighted by Gasteiger charge is 2.10. The largest absolute Gasteiger partial charge is 0.478 e. The Kier molecular flexibility index (Phi) is 3.62. The van der Waals surface area contributed by atoms with Gasteiger partial charge in [-0.2, -0.15) is 0 Å². The molecule has 0 heterocycles. The summed E-state index contributed by atoms with van der Waals surface area (Å²) in [6, 6.07) is 9.59. The van der Waals surface area contributed by atoms with Gasteiger partial charge < -0.3 is 15.6 Å². The Labute approximate surface area is 115 Å². The van der Waals surface area contributed by atoms with Crippen LogP contribution in [0.25, 0.3) is 0 Å². The van der Waals surface area contributed by atoms with E-state index >= 15 is 0 Å². The van der Waals surface area contributed by atoms with Crippen molar-refractivity contribution in [3.63, 3.8) is 0 Å². The van der Waals surface area contributed by atoms with Gasteiger partial charge in [-0.15, -0.1) is 0 Å². The number of hydrogen-bond donors (Lipinski definition) is 2. The van der Waals surface area contributed by atoms with Crippen LogP contribution < -0.4 is 10.5 Å². The highest BCUT2D eigenvalue weighted by molar-refractivity contribution is 6.32. The number of benzene rings is 2. The van der Waals surface area contributed by atoms with Crippen LogP contribution in [0.15, 0.2) is 36.4 Å². The number of anilines is 1. The van der Waals surface area contributed by atoms with Crippen molar-refractivity contribution in [3.05, 3.63) is 52.5 Å². The Morgan fingerprint density at radius 1 is 1.21 bits per heavy atom. The molecule has 0 radical (unpaired) electrons. The van der Waals surface area contributed by atoms with Crippen molar-refractivity contribution in [2.45, 2.75) is 6.92 Å². The second-order valence-electron chi connectivity index (χ2n) is 4.09. The number of rotatable bonds is 3. The van der Waals surface area contributed by atoms with Gasteiger partial charge in [0.1, 0.15) is 5.75 Å². The number of carboxylic acids is 1. The fourth-order valence-corrected chi connectivity index (χ4v) is 1.84. The molecule has 0 saturated carbocycles. The minimum Gasteiger partial charge on any atom is -0.478 e. The predicted molar refractivity (Wildman–Crippen MR) is 74.1 cm³/mol. The summed E-state index contributed by atoms with van der Waals surface area (Å²) in [5.74, 6) is -0.341. The van der Waals surface area contributed by atoms with Crippen LogP contribution in [0.1, 0.15) is 15.9 Å². The molecule has 0 aliphatic carbocycles. The molecule has 5 heteroatoms. The molecule has 0 saturated heterocycles. The highest BCUT2D eigenvalue weighted by Crippen LogP contribution is 2.33. The first-order valence-electron chi connectivity index (χ1n) is 5.54. The van der Waals surface area contributed by atoms with Gasteiger partial charge in [-0.3, -0.25) is 0 Å². The summed E-state index contributed by atoms with van der Waals surface area (Å²) in [7, 11) is 0. The van der Waals surface area contributed by atoms with Crippen molar-refractivity contribution < 1.29 is 14.6 Å². The number of carboxylic acid groups (broad SMARTS) is 1. The quantitative estimate of drug-likeness (QED) is 0.839. The van der Waals surface area contributed by atoms with Crippen molar-refractivity contribution in [2.24, 2.45) is 0 Å². The Morgan fingerprint density at radius 3 is 2.58 bits per heavy atom. The molecule has 0 unspecified atom stereocenters. The smallest absolute Gasteiger partial charge is 0.335 e. The number of nitrogens with two attached hydrogens (primary N) is 1. The lowest BCUT2D eigenvalue weighted by molar-refractivity contribution is 0.0696. The summed E-state index contributed by atoms with van der Waals surface area (Å²) < 4.78 is 5.57. The molecule has 0 aromatic heterocycles. The number of carbonyl (C=O) groups is 1. The molecule has 2 aromatic rings. The van der Waals surface area contributed by atoms with Crippen LogP contribution >= 0.6 is 11.6 Å². The second-order valence-corrected chi connectivity index (χ2v) is 4.50. The lowest BCUT2D eigenvalue weighted by Crippen LogP contribution is -1.99. The van der Waals surface area contributed by atoms with Gasteiger partial charge in [0.25, 0.3) is 0 Å². The van der Waals surface area contributed by atoms with E-state index in [0.29, 0.717) is 16.5 Å². The minimum absolute atomic E-state index is 0.104. The van der Waals surface area contributed by atoms with Crippen LogP contribution in [0.5, 0.6) is 11.5 Å². The molecular formula is C14H12ClNO3. The average molecular weight is 278 g/mol. The van der Waals surface area contributed by atoms with Gasteiger partial charge in [0.2, 0.25) is 0 Å². The summed E-state index contributed by atoms with van der Waals surface area (Å²) >= 11 is 6.05. The fourth-order valence-electron chi connectivity index (χ4n) is 1.56. The highest BCUT2D eigenvalue weighted by atomic mass is 35.5. The first-order valence-corrected chi connectivity index (χ1v) is 5.92. The van der Waals surface area contributed by atoms with E-state index in [1.165, 1.54) is 18.2 Å². The van der Waals surface area contributed by atoms with E-state index in [1.54, 1.807) is 12.1 Å². The zero-order valence-corrected chi connectivity index (χ0v) is 10.9. The van der Waals surface area contributed by atoms with E-state index in [2.05, 4.69) is 0 Å². The van der Waals surface area contributed by atoms with Crippen LogP contribution in [0, 0.1) is 6.92 Å². The van der Waals surface area contributed by atoms with Crippen LogP contribution in [0.4, 0.5) is 5.69 Å². The standard InChI is InChI=1S/C14H12ClNO3/c1-8-2-5-12(10(15)6-8)19-13-7-9(14(17)18)3-4-11(13)16/h2-7H,16H2,1H3,(H,17,18). The first kappa shape index (κ1) is 13.2. The minimum atomic E-state index is -1.04. The van der Waals surface area contributed by atoms with E-state index in [0.717, 1.165) is 5.56 Å². The normalized spacial score (nSPS) is 10.2. The summed E-state index contributed by atoms with van der Waals surface area (Å²) in [4.78, 5) is 10.9. The number of halogens is 1. The fraction of sp³-hybridized carbons (Fsp3) is 0.0714. The van der Waals surface area contributed by atoms with Crippen LogP contribution in [-0.4, -0.2) is 11.1 Å². The first-order chi connectivity index (χ1) is 8.97. The van der Waals surface area contributed by atoms with Crippen LogP contribution in [0.3, 0.4) is 0 Å². The summed E-state index contributed by atoms with van der Waals surface area (Å²) in [5.41, 5.74) is 7.21. The molecule has 0 bridgehead atoms. The molecule has 19 heavy (non-hydrogen) atoms. The van der Waals surface area contributed by atoms with E-state index in [4.69, 9.17) is 27.2 Å². The molecule has 2 rings (SSSR count). The average Bonchev–Trinajstić information content (AvgIpc) is 2.34. The molecule has 98 valence electrons. The molecule has 4 nitrogen and oxygen atoms in total. The monoisotopic (exact) mass is 277 g/mol. The van der Waals surface area contributed by atoms with Gasteiger partial charge in [-0.1, -0.05) is 17.7 Å². The number of nitrogen functional groups attached to an aromatic ring is 1. The van der Waals surface area contributed by atoms with Crippen molar-refractivity contribution in [1.82, 2.24) is 0 Å². The van der Waals surface area contributed by atoms with Crippen molar-refractivity contribution in [2.75, 3.05) is 5.73 Å². The van der Waals surface area contributed by atoms with E-state index < -0.39 is 5.97 Å². The van der Waals surface area contributed by atoms with Crippen LogP contribution in [-0.2, 0) is 0 Å². The lowest BCUT2D eigenvalue weighted by Gasteiger charge is -2.11. The molecule has 0 aliphatic heterocycles. The summed E-state index contributed by atoms with van der Waals surface area (Å²) in [5, 5.41) is 9.38. The molecule has 3 N–H and O–H groups in total. The molecule has 0 spiro atoms.